The molecule has 0 rings (SSSR count). The zero-order chi connectivity index (χ0) is 7.82. The summed E-state index contributed by atoms with van der Waals surface area (Å²) in [4.78, 5) is 0. The number of rotatable bonds is 6. The van der Waals surface area contributed by atoms with E-state index in [1.54, 1.807) is 7.11 Å². The van der Waals surface area contributed by atoms with E-state index in [9.17, 15) is 0 Å². The molecule has 0 aromatic rings. The summed E-state index contributed by atoms with van der Waals surface area (Å²) in [5.74, 6) is 0. The first kappa shape index (κ1) is 9.84. The topological polar surface area (TPSA) is 61.7 Å². The molecule has 1 atom stereocenters. The van der Waals surface area contributed by atoms with Crippen LogP contribution in [0, 0.1) is 0 Å². The van der Waals surface area contributed by atoms with E-state index in [1.807, 2.05) is 0 Å². The van der Waals surface area contributed by atoms with Gasteiger partial charge in [0.15, 0.2) is 0 Å². The molecule has 0 aliphatic heterocycles. The lowest BCUT2D eigenvalue weighted by Crippen LogP contribution is -2.37. The lowest BCUT2D eigenvalue weighted by Gasteiger charge is -2.13. The van der Waals surface area contributed by atoms with Crippen molar-refractivity contribution in [2.75, 3.05) is 33.5 Å². The molecular weight excluding hydrogens is 134 g/mol. The molecule has 0 aromatic carbocycles. The molecule has 0 aliphatic rings. The second-order valence-electron chi connectivity index (χ2n) is 2.01. The molecule has 10 heavy (non-hydrogen) atoms. The van der Waals surface area contributed by atoms with Crippen molar-refractivity contribution in [2.24, 2.45) is 0 Å². The molecule has 0 spiro atoms. The first-order valence-corrected chi connectivity index (χ1v) is 3.29. The van der Waals surface area contributed by atoms with E-state index >= 15 is 0 Å². The quantitative estimate of drug-likeness (QED) is 0.433. The van der Waals surface area contributed by atoms with Crippen molar-refractivity contribution in [3.8, 4) is 0 Å². The predicted molar refractivity (Wildman–Crippen MR) is 37.8 cm³/mol. The molecule has 0 bridgehead atoms. The summed E-state index contributed by atoms with van der Waals surface area (Å²) in [7, 11) is 1.57. The highest BCUT2D eigenvalue weighted by Crippen LogP contribution is 1.81. The van der Waals surface area contributed by atoms with Gasteiger partial charge in [-0.3, -0.25) is 0 Å². The van der Waals surface area contributed by atoms with Gasteiger partial charge in [0.2, 0.25) is 0 Å². The minimum atomic E-state index is -0.0582. The number of aliphatic hydroxyl groups is 2. The maximum absolute atomic E-state index is 8.66. The summed E-state index contributed by atoms with van der Waals surface area (Å²) in [6.45, 7) is 1.08. The van der Waals surface area contributed by atoms with Crippen LogP contribution in [0.15, 0.2) is 0 Å². The Morgan fingerprint density at radius 1 is 1.50 bits per heavy atom. The molecule has 0 radical (unpaired) electrons. The lowest BCUT2D eigenvalue weighted by molar-refractivity contribution is 0.125. The SMILES string of the molecule is COCC(CO)NCCO. The molecule has 0 saturated heterocycles. The van der Waals surface area contributed by atoms with Gasteiger partial charge in [0.25, 0.3) is 0 Å². The number of hydrogen-bond acceptors (Lipinski definition) is 4. The van der Waals surface area contributed by atoms with Crippen LogP contribution in [0.3, 0.4) is 0 Å². The third kappa shape index (κ3) is 4.69. The number of ether oxygens (including phenoxy) is 1. The van der Waals surface area contributed by atoms with E-state index in [2.05, 4.69) is 5.32 Å². The number of methoxy groups -OCH3 is 1. The molecule has 3 N–H and O–H groups in total. The Balaban J connectivity index is 3.21. The van der Waals surface area contributed by atoms with Crippen LogP contribution in [0.2, 0.25) is 0 Å². The van der Waals surface area contributed by atoms with E-state index in [0.717, 1.165) is 0 Å². The van der Waals surface area contributed by atoms with E-state index in [4.69, 9.17) is 14.9 Å². The molecule has 0 fully saturated rings. The van der Waals surface area contributed by atoms with Gasteiger partial charge in [-0.15, -0.1) is 0 Å². The van der Waals surface area contributed by atoms with Gasteiger partial charge < -0.3 is 20.3 Å². The second kappa shape index (κ2) is 6.95. The lowest BCUT2D eigenvalue weighted by atomic mass is 10.3. The number of hydrogen-bond donors (Lipinski definition) is 3. The smallest absolute Gasteiger partial charge is 0.0638 e. The Morgan fingerprint density at radius 3 is 2.60 bits per heavy atom. The molecule has 0 amide bonds. The molecule has 4 nitrogen and oxygen atoms in total. The maximum atomic E-state index is 8.66. The van der Waals surface area contributed by atoms with Crippen molar-refractivity contribution in [1.82, 2.24) is 5.32 Å². The normalized spacial score (nSPS) is 13.5. The van der Waals surface area contributed by atoms with Gasteiger partial charge in [-0.05, 0) is 0 Å². The van der Waals surface area contributed by atoms with Crippen LogP contribution in [0.25, 0.3) is 0 Å². The Bertz CT molecular complexity index is 70.0. The van der Waals surface area contributed by atoms with Crippen molar-refractivity contribution in [1.29, 1.82) is 0 Å². The largest absolute Gasteiger partial charge is 0.395 e. The van der Waals surface area contributed by atoms with Crippen molar-refractivity contribution >= 4 is 0 Å². The molecule has 0 heterocycles. The Kier molecular flexibility index (Phi) is 6.84. The minimum absolute atomic E-state index is 0.0356. The average molecular weight is 149 g/mol. The second-order valence-corrected chi connectivity index (χ2v) is 2.01. The standard InChI is InChI=1S/C6H15NO3/c1-10-5-6(4-9)7-2-3-8/h6-9H,2-5H2,1H3. The van der Waals surface area contributed by atoms with Gasteiger partial charge in [-0.2, -0.15) is 0 Å². The highest BCUT2D eigenvalue weighted by molar-refractivity contribution is 4.62. The van der Waals surface area contributed by atoms with Gasteiger partial charge in [0, 0.05) is 13.7 Å². The van der Waals surface area contributed by atoms with Gasteiger partial charge in [0.05, 0.1) is 25.9 Å². The monoisotopic (exact) mass is 149 g/mol. The average Bonchev–Trinajstić information content (AvgIpc) is 1.98. The predicted octanol–water partition coefficient (Wildman–Crippen LogP) is -1.42. The molecule has 1 unspecified atom stereocenters. The summed E-state index contributed by atoms with van der Waals surface area (Å²) in [5.41, 5.74) is 0. The summed E-state index contributed by atoms with van der Waals surface area (Å²) < 4.78 is 4.79. The zero-order valence-corrected chi connectivity index (χ0v) is 6.21. The Labute approximate surface area is 60.8 Å². The molecule has 0 aromatic heterocycles. The van der Waals surface area contributed by atoms with Crippen LogP contribution in [0.1, 0.15) is 0 Å². The van der Waals surface area contributed by atoms with Gasteiger partial charge in [-0.25, -0.2) is 0 Å². The van der Waals surface area contributed by atoms with Crippen LogP contribution >= 0.6 is 0 Å². The van der Waals surface area contributed by atoms with E-state index in [1.165, 1.54) is 0 Å². The molecule has 62 valence electrons. The fraction of sp³-hybridized carbons (Fsp3) is 1.00. The highest BCUT2D eigenvalue weighted by Gasteiger charge is 2.03. The molecule has 0 aliphatic carbocycles. The van der Waals surface area contributed by atoms with Crippen LogP contribution in [0.4, 0.5) is 0 Å². The Hall–Kier alpha value is -0.160. The zero-order valence-electron chi connectivity index (χ0n) is 6.21. The maximum Gasteiger partial charge on any atom is 0.0638 e. The first-order chi connectivity index (χ1) is 4.85. The van der Waals surface area contributed by atoms with Crippen LogP contribution in [-0.4, -0.2) is 49.7 Å². The fourth-order valence-electron chi connectivity index (χ4n) is 0.646. The van der Waals surface area contributed by atoms with Crippen molar-refractivity contribution in [3.05, 3.63) is 0 Å². The van der Waals surface area contributed by atoms with E-state index < -0.39 is 0 Å². The molecule has 4 heteroatoms. The van der Waals surface area contributed by atoms with Gasteiger partial charge >= 0.3 is 0 Å². The van der Waals surface area contributed by atoms with E-state index in [-0.39, 0.29) is 19.3 Å². The number of aliphatic hydroxyl groups excluding tert-OH is 2. The summed E-state index contributed by atoms with van der Waals surface area (Å²) in [5, 5.41) is 19.9. The molecular formula is C6H15NO3. The summed E-state index contributed by atoms with van der Waals surface area (Å²) >= 11 is 0. The third-order valence-corrected chi connectivity index (χ3v) is 1.13. The molecule has 0 saturated carbocycles. The third-order valence-electron chi connectivity index (χ3n) is 1.13. The fourth-order valence-corrected chi connectivity index (χ4v) is 0.646. The van der Waals surface area contributed by atoms with E-state index in [0.29, 0.717) is 13.2 Å². The van der Waals surface area contributed by atoms with Gasteiger partial charge in [-0.1, -0.05) is 0 Å². The first-order valence-electron chi connectivity index (χ1n) is 3.29. The Morgan fingerprint density at radius 2 is 2.20 bits per heavy atom. The summed E-state index contributed by atoms with van der Waals surface area (Å²) in [6, 6.07) is -0.0582. The van der Waals surface area contributed by atoms with Crippen molar-refractivity contribution in [2.45, 2.75) is 6.04 Å². The van der Waals surface area contributed by atoms with Crippen LogP contribution < -0.4 is 5.32 Å². The van der Waals surface area contributed by atoms with Crippen LogP contribution in [-0.2, 0) is 4.74 Å². The van der Waals surface area contributed by atoms with Gasteiger partial charge in [0.1, 0.15) is 0 Å². The van der Waals surface area contributed by atoms with Crippen molar-refractivity contribution < 1.29 is 14.9 Å². The van der Waals surface area contributed by atoms with Crippen molar-refractivity contribution in [3.63, 3.8) is 0 Å². The van der Waals surface area contributed by atoms with Crippen LogP contribution in [0.5, 0.6) is 0 Å². The highest BCUT2D eigenvalue weighted by atomic mass is 16.5. The summed E-state index contributed by atoms with van der Waals surface area (Å²) in [6.07, 6.45) is 0. The minimum Gasteiger partial charge on any atom is -0.395 e. The number of nitrogens with one attached hydrogen (secondary N) is 1.